The largest absolute Gasteiger partial charge is 0.452 e. The first kappa shape index (κ1) is 14.5. The van der Waals surface area contributed by atoms with Crippen LogP contribution < -0.4 is 5.32 Å². The third kappa shape index (κ3) is 3.01. The topological polar surface area (TPSA) is 62.6 Å². The standard InChI is InChI=1S/C10H16N2O3S.ClH/c1-11-9-4-2-6-12(8-9)16(13,14)10-5-3-7-15-10;/h3,5,7,9,11H,2,4,6,8H2,1H3;1H. The van der Waals surface area contributed by atoms with Crippen molar-refractivity contribution in [1.82, 2.24) is 9.62 Å². The molecule has 1 aromatic heterocycles. The van der Waals surface area contributed by atoms with Crippen molar-refractivity contribution in [3.63, 3.8) is 0 Å². The lowest BCUT2D eigenvalue weighted by Crippen LogP contribution is -2.46. The lowest BCUT2D eigenvalue weighted by Gasteiger charge is -2.30. The van der Waals surface area contributed by atoms with Crippen molar-refractivity contribution in [2.24, 2.45) is 0 Å². The van der Waals surface area contributed by atoms with Crippen LogP contribution in [0.3, 0.4) is 0 Å². The maximum absolute atomic E-state index is 12.1. The van der Waals surface area contributed by atoms with Gasteiger partial charge in [0, 0.05) is 19.1 Å². The van der Waals surface area contributed by atoms with E-state index in [4.69, 9.17) is 4.42 Å². The van der Waals surface area contributed by atoms with E-state index in [2.05, 4.69) is 5.32 Å². The number of nitrogens with zero attached hydrogens (tertiary/aromatic N) is 1. The van der Waals surface area contributed by atoms with Gasteiger partial charge in [0.1, 0.15) is 0 Å². The molecule has 0 radical (unpaired) electrons. The van der Waals surface area contributed by atoms with E-state index in [1.165, 1.54) is 16.6 Å². The van der Waals surface area contributed by atoms with Crippen LogP contribution in [0, 0.1) is 0 Å². The first-order valence-electron chi connectivity index (χ1n) is 5.35. The number of hydrogen-bond acceptors (Lipinski definition) is 4. The molecule has 1 atom stereocenters. The summed E-state index contributed by atoms with van der Waals surface area (Å²) in [7, 11) is -1.58. The molecule has 0 spiro atoms. The number of rotatable bonds is 3. The van der Waals surface area contributed by atoms with Gasteiger partial charge in [0.15, 0.2) is 0 Å². The molecule has 0 saturated carbocycles. The van der Waals surface area contributed by atoms with Gasteiger partial charge in [-0.05, 0) is 32.0 Å². The molecule has 1 saturated heterocycles. The highest BCUT2D eigenvalue weighted by Gasteiger charge is 2.31. The highest BCUT2D eigenvalue weighted by molar-refractivity contribution is 7.89. The van der Waals surface area contributed by atoms with Crippen molar-refractivity contribution >= 4 is 22.4 Å². The molecule has 1 fully saturated rings. The van der Waals surface area contributed by atoms with E-state index in [9.17, 15) is 8.42 Å². The third-order valence-electron chi connectivity index (χ3n) is 2.88. The number of furan rings is 1. The predicted octanol–water partition coefficient (Wildman–Crippen LogP) is 1.07. The van der Waals surface area contributed by atoms with Crippen LogP contribution in [0.25, 0.3) is 0 Å². The maximum atomic E-state index is 12.1. The van der Waals surface area contributed by atoms with Crippen LogP contribution in [-0.2, 0) is 10.0 Å². The number of nitrogens with one attached hydrogen (secondary N) is 1. The Morgan fingerprint density at radius 2 is 2.29 bits per heavy atom. The van der Waals surface area contributed by atoms with E-state index in [1.807, 2.05) is 7.05 Å². The fourth-order valence-corrected chi connectivity index (χ4v) is 3.36. The van der Waals surface area contributed by atoms with Gasteiger partial charge in [-0.25, -0.2) is 8.42 Å². The Bertz CT molecular complexity index is 432. The molecule has 17 heavy (non-hydrogen) atoms. The van der Waals surface area contributed by atoms with Crippen LogP contribution in [0.5, 0.6) is 0 Å². The zero-order valence-corrected chi connectivity index (χ0v) is 11.3. The van der Waals surface area contributed by atoms with Crippen LogP contribution >= 0.6 is 12.4 Å². The molecule has 2 heterocycles. The highest BCUT2D eigenvalue weighted by Crippen LogP contribution is 2.20. The fourth-order valence-electron chi connectivity index (χ4n) is 1.93. The van der Waals surface area contributed by atoms with E-state index in [1.54, 1.807) is 6.07 Å². The van der Waals surface area contributed by atoms with Crippen molar-refractivity contribution in [3.8, 4) is 0 Å². The van der Waals surface area contributed by atoms with Crippen LogP contribution in [0.15, 0.2) is 27.9 Å². The maximum Gasteiger partial charge on any atom is 0.276 e. The quantitative estimate of drug-likeness (QED) is 0.900. The van der Waals surface area contributed by atoms with Crippen molar-refractivity contribution in [2.75, 3.05) is 20.1 Å². The normalized spacial score (nSPS) is 22.1. The first-order valence-corrected chi connectivity index (χ1v) is 6.79. The monoisotopic (exact) mass is 280 g/mol. The SMILES string of the molecule is CNC1CCCN(S(=O)(=O)c2ccco2)C1.Cl. The molecule has 0 aliphatic carbocycles. The van der Waals surface area contributed by atoms with Crippen molar-refractivity contribution < 1.29 is 12.8 Å². The van der Waals surface area contributed by atoms with Gasteiger partial charge in [0.25, 0.3) is 10.0 Å². The van der Waals surface area contributed by atoms with Crippen LogP contribution in [0.1, 0.15) is 12.8 Å². The Hall–Kier alpha value is -0.560. The number of halogens is 1. The fraction of sp³-hybridized carbons (Fsp3) is 0.600. The third-order valence-corrected chi connectivity index (χ3v) is 4.63. The summed E-state index contributed by atoms with van der Waals surface area (Å²) in [5.74, 6) is 0. The van der Waals surface area contributed by atoms with E-state index in [0.717, 1.165) is 12.8 Å². The zero-order valence-electron chi connectivity index (χ0n) is 9.63. The minimum absolute atomic E-state index is 0. The van der Waals surface area contributed by atoms with Gasteiger partial charge in [0.2, 0.25) is 5.09 Å². The molecule has 1 aliphatic heterocycles. The Labute approximate surface area is 108 Å². The molecule has 0 amide bonds. The smallest absolute Gasteiger partial charge is 0.276 e. The first-order chi connectivity index (χ1) is 7.64. The Kier molecular flexibility index (Phi) is 5.00. The van der Waals surface area contributed by atoms with Gasteiger partial charge < -0.3 is 9.73 Å². The molecule has 1 aliphatic rings. The average molecular weight is 281 g/mol. The van der Waals surface area contributed by atoms with Crippen LogP contribution in [0.2, 0.25) is 0 Å². The summed E-state index contributed by atoms with van der Waals surface area (Å²) < 4.78 is 30.7. The minimum atomic E-state index is -3.44. The van der Waals surface area contributed by atoms with E-state index >= 15 is 0 Å². The lowest BCUT2D eigenvalue weighted by atomic mass is 10.1. The summed E-state index contributed by atoms with van der Waals surface area (Å²) in [6, 6.07) is 3.31. The van der Waals surface area contributed by atoms with E-state index in [-0.39, 0.29) is 23.5 Å². The van der Waals surface area contributed by atoms with Crippen LogP contribution in [0.4, 0.5) is 0 Å². The van der Waals surface area contributed by atoms with Gasteiger partial charge in [-0.2, -0.15) is 4.31 Å². The minimum Gasteiger partial charge on any atom is -0.452 e. The number of sulfonamides is 1. The highest BCUT2D eigenvalue weighted by atomic mass is 35.5. The average Bonchev–Trinajstić information content (AvgIpc) is 2.83. The number of piperidine rings is 1. The Morgan fingerprint density at radius 1 is 1.53 bits per heavy atom. The van der Waals surface area contributed by atoms with Gasteiger partial charge in [-0.15, -0.1) is 12.4 Å². The predicted molar refractivity (Wildman–Crippen MR) is 66.8 cm³/mol. The van der Waals surface area contributed by atoms with Gasteiger partial charge in [-0.3, -0.25) is 0 Å². The van der Waals surface area contributed by atoms with Crippen molar-refractivity contribution in [3.05, 3.63) is 18.4 Å². The molecule has 1 aromatic rings. The summed E-state index contributed by atoms with van der Waals surface area (Å²) in [5, 5.41) is 3.15. The molecule has 0 bridgehead atoms. The number of hydrogen-bond donors (Lipinski definition) is 1. The molecular weight excluding hydrogens is 264 g/mol. The summed E-state index contributed by atoms with van der Waals surface area (Å²) >= 11 is 0. The number of likely N-dealkylation sites (N-methyl/N-ethyl adjacent to an activating group) is 1. The second kappa shape index (κ2) is 5.86. The van der Waals surface area contributed by atoms with Gasteiger partial charge in [-0.1, -0.05) is 0 Å². The summed E-state index contributed by atoms with van der Waals surface area (Å²) in [6.07, 6.45) is 3.28. The molecule has 7 heteroatoms. The molecule has 5 nitrogen and oxygen atoms in total. The molecule has 1 unspecified atom stereocenters. The van der Waals surface area contributed by atoms with Gasteiger partial charge in [0.05, 0.1) is 6.26 Å². The van der Waals surface area contributed by atoms with E-state index < -0.39 is 10.0 Å². The van der Waals surface area contributed by atoms with Crippen molar-refractivity contribution in [1.29, 1.82) is 0 Å². The Morgan fingerprint density at radius 3 is 2.88 bits per heavy atom. The molecule has 0 aromatic carbocycles. The van der Waals surface area contributed by atoms with Crippen LogP contribution in [-0.4, -0.2) is 38.9 Å². The van der Waals surface area contributed by atoms with Crippen molar-refractivity contribution in [2.45, 2.75) is 24.0 Å². The summed E-state index contributed by atoms with van der Waals surface area (Å²) in [4.78, 5) is 0. The molecule has 98 valence electrons. The molecule has 2 rings (SSSR count). The lowest BCUT2D eigenvalue weighted by molar-refractivity contribution is 0.285. The molecular formula is C10H17ClN2O3S. The van der Waals surface area contributed by atoms with E-state index in [0.29, 0.717) is 13.1 Å². The second-order valence-electron chi connectivity index (χ2n) is 3.92. The molecule has 1 N–H and O–H groups in total. The zero-order chi connectivity index (χ0) is 11.6. The summed E-state index contributed by atoms with van der Waals surface area (Å²) in [6.45, 7) is 1.08. The second-order valence-corrected chi connectivity index (χ2v) is 5.79. The summed E-state index contributed by atoms with van der Waals surface area (Å²) in [5.41, 5.74) is 0. The van der Waals surface area contributed by atoms with Gasteiger partial charge >= 0.3 is 0 Å². The Balaban J connectivity index is 0.00000144.